The molecule has 1 aliphatic carbocycles. The normalized spacial score (nSPS) is 14.6. The summed E-state index contributed by atoms with van der Waals surface area (Å²) in [5.74, 6) is 0.123. The number of unbranched alkanes of at least 4 members (excludes halogenated alkanes) is 1. The van der Waals surface area contributed by atoms with Crippen LogP contribution in [0.5, 0.6) is 0 Å². The molecule has 1 aromatic carbocycles. The SMILES string of the molecule is CCCCC(=O)NC(=S)Nc1cccc(NC(=O)C2CCCCC2)c1. The topological polar surface area (TPSA) is 70.2 Å². The van der Waals surface area contributed by atoms with Gasteiger partial charge in [-0.2, -0.15) is 0 Å². The predicted octanol–water partition coefficient (Wildman–Crippen LogP) is 4.21. The van der Waals surface area contributed by atoms with E-state index in [0.29, 0.717) is 6.42 Å². The summed E-state index contributed by atoms with van der Waals surface area (Å²) >= 11 is 5.17. The fraction of sp³-hybridized carbons (Fsp3) is 0.526. The number of carbonyl (C=O) groups is 2. The third kappa shape index (κ3) is 6.82. The third-order valence-corrected chi connectivity index (χ3v) is 4.58. The highest BCUT2D eigenvalue weighted by Crippen LogP contribution is 2.25. The largest absolute Gasteiger partial charge is 0.332 e. The molecule has 0 aromatic heterocycles. The van der Waals surface area contributed by atoms with Gasteiger partial charge in [0.05, 0.1) is 0 Å². The molecule has 0 atom stereocenters. The zero-order valence-electron chi connectivity index (χ0n) is 14.8. The number of hydrogen-bond donors (Lipinski definition) is 3. The molecular weight excluding hydrogens is 334 g/mol. The summed E-state index contributed by atoms with van der Waals surface area (Å²) in [6.07, 6.45) is 7.71. The van der Waals surface area contributed by atoms with Gasteiger partial charge in [-0.15, -0.1) is 0 Å². The van der Waals surface area contributed by atoms with E-state index >= 15 is 0 Å². The van der Waals surface area contributed by atoms with E-state index in [-0.39, 0.29) is 22.8 Å². The molecule has 1 fully saturated rings. The smallest absolute Gasteiger partial charge is 0.227 e. The van der Waals surface area contributed by atoms with E-state index in [1.165, 1.54) is 6.42 Å². The van der Waals surface area contributed by atoms with Crippen LogP contribution in [-0.2, 0) is 9.59 Å². The van der Waals surface area contributed by atoms with Crippen molar-refractivity contribution < 1.29 is 9.59 Å². The number of anilines is 2. The Balaban J connectivity index is 1.86. The van der Waals surface area contributed by atoms with Crippen LogP contribution in [0.3, 0.4) is 0 Å². The second-order valence-electron chi connectivity index (χ2n) is 6.51. The number of benzene rings is 1. The van der Waals surface area contributed by atoms with E-state index in [0.717, 1.165) is 49.9 Å². The van der Waals surface area contributed by atoms with Crippen LogP contribution in [0.15, 0.2) is 24.3 Å². The number of nitrogens with one attached hydrogen (secondary N) is 3. The molecule has 25 heavy (non-hydrogen) atoms. The fourth-order valence-electron chi connectivity index (χ4n) is 2.97. The van der Waals surface area contributed by atoms with Gasteiger partial charge >= 0.3 is 0 Å². The Labute approximate surface area is 155 Å². The number of amides is 2. The van der Waals surface area contributed by atoms with Crippen LogP contribution >= 0.6 is 12.2 Å². The third-order valence-electron chi connectivity index (χ3n) is 4.37. The Hall–Kier alpha value is -1.95. The van der Waals surface area contributed by atoms with Gasteiger partial charge in [-0.1, -0.05) is 38.7 Å². The van der Waals surface area contributed by atoms with Crippen LogP contribution < -0.4 is 16.0 Å². The molecule has 2 amide bonds. The van der Waals surface area contributed by atoms with Gasteiger partial charge in [-0.25, -0.2) is 0 Å². The van der Waals surface area contributed by atoms with E-state index in [2.05, 4.69) is 16.0 Å². The lowest BCUT2D eigenvalue weighted by atomic mass is 9.88. The number of thiocarbonyl (C=S) groups is 1. The summed E-state index contributed by atoms with van der Waals surface area (Å²) in [7, 11) is 0. The van der Waals surface area contributed by atoms with E-state index in [4.69, 9.17) is 12.2 Å². The molecule has 3 N–H and O–H groups in total. The molecule has 0 aliphatic heterocycles. The van der Waals surface area contributed by atoms with Crippen molar-refractivity contribution in [1.82, 2.24) is 5.32 Å². The van der Waals surface area contributed by atoms with E-state index in [9.17, 15) is 9.59 Å². The average Bonchev–Trinajstić information content (AvgIpc) is 2.61. The summed E-state index contributed by atoms with van der Waals surface area (Å²) in [5, 5.41) is 8.92. The molecule has 0 radical (unpaired) electrons. The lowest BCUT2D eigenvalue weighted by molar-refractivity contribution is -0.121. The van der Waals surface area contributed by atoms with Crippen molar-refractivity contribution >= 4 is 40.5 Å². The summed E-state index contributed by atoms with van der Waals surface area (Å²) in [4.78, 5) is 24.0. The van der Waals surface area contributed by atoms with Crippen molar-refractivity contribution in [2.75, 3.05) is 10.6 Å². The standard InChI is InChI=1S/C19H27N3O2S/c1-2-3-12-17(23)22-19(25)21-16-11-7-10-15(13-16)20-18(24)14-8-5-4-6-9-14/h7,10-11,13-14H,2-6,8-9,12H2,1H3,(H,20,24)(H2,21,22,23,25). The predicted molar refractivity (Wildman–Crippen MR) is 106 cm³/mol. The van der Waals surface area contributed by atoms with Crippen molar-refractivity contribution in [3.8, 4) is 0 Å². The van der Waals surface area contributed by atoms with Gasteiger partial charge < -0.3 is 16.0 Å². The molecule has 0 heterocycles. The van der Waals surface area contributed by atoms with Crippen molar-refractivity contribution in [2.24, 2.45) is 5.92 Å². The lowest BCUT2D eigenvalue weighted by Gasteiger charge is -2.21. The Morgan fingerprint density at radius 1 is 1.12 bits per heavy atom. The summed E-state index contributed by atoms with van der Waals surface area (Å²) < 4.78 is 0. The van der Waals surface area contributed by atoms with Crippen molar-refractivity contribution in [3.05, 3.63) is 24.3 Å². The highest BCUT2D eigenvalue weighted by atomic mass is 32.1. The molecule has 0 spiro atoms. The zero-order chi connectivity index (χ0) is 18.1. The van der Waals surface area contributed by atoms with Gasteiger partial charge in [-0.05, 0) is 49.7 Å². The summed E-state index contributed by atoms with van der Waals surface area (Å²) in [5.41, 5.74) is 1.47. The van der Waals surface area contributed by atoms with Crippen LogP contribution in [0.1, 0.15) is 58.3 Å². The van der Waals surface area contributed by atoms with Gasteiger partial charge in [0.25, 0.3) is 0 Å². The van der Waals surface area contributed by atoms with E-state index in [1.54, 1.807) is 0 Å². The van der Waals surface area contributed by atoms with Crippen molar-refractivity contribution in [2.45, 2.75) is 58.3 Å². The first-order valence-electron chi connectivity index (χ1n) is 9.10. The second kappa shape index (κ2) is 10.1. The van der Waals surface area contributed by atoms with Crippen molar-refractivity contribution in [1.29, 1.82) is 0 Å². The maximum absolute atomic E-state index is 12.3. The maximum Gasteiger partial charge on any atom is 0.227 e. The summed E-state index contributed by atoms with van der Waals surface area (Å²) in [6.45, 7) is 2.04. The first-order valence-corrected chi connectivity index (χ1v) is 9.51. The summed E-state index contributed by atoms with van der Waals surface area (Å²) in [6, 6.07) is 7.38. The van der Waals surface area contributed by atoms with Crippen molar-refractivity contribution in [3.63, 3.8) is 0 Å². The highest BCUT2D eigenvalue weighted by Gasteiger charge is 2.21. The van der Waals surface area contributed by atoms with Crippen LogP contribution in [0.2, 0.25) is 0 Å². The minimum Gasteiger partial charge on any atom is -0.332 e. The Kier molecular flexibility index (Phi) is 7.85. The fourth-order valence-corrected chi connectivity index (χ4v) is 3.20. The van der Waals surface area contributed by atoms with Gasteiger partial charge in [0.2, 0.25) is 11.8 Å². The number of rotatable bonds is 6. The quantitative estimate of drug-likeness (QED) is 0.664. The molecule has 0 unspecified atom stereocenters. The zero-order valence-corrected chi connectivity index (χ0v) is 15.6. The molecule has 6 heteroatoms. The molecule has 1 saturated carbocycles. The molecule has 1 aromatic rings. The van der Waals surface area contributed by atoms with Gasteiger partial charge in [0, 0.05) is 23.7 Å². The van der Waals surface area contributed by atoms with Crippen LogP contribution in [-0.4, -0.2) is 16.9 Å². The average molecular weight is 362 g/mol. The second-order valence-corrected chi connectivity index (χ2v) is 6.92. The van der Waals surface area contributed by atoms with Gasteiger partial charge in [0.15, 0.2) is 5.11 Å². The Morgan fingerprint density at radius 3 is 2.48 bits per heavy atom. The van der Waals surface area contributed by atoms with Gasteiger partial charge in [-0.3, -0.25) is 9.59 Å². The molecular formula is C19H27N3O2S. The minimum atomic E-state index is -0.0823. The lowest BCUT2D eigenvalue weighted by Crippen LogP contribution is -2.33. The van der Waals surface area contributed by atoms with Crippen LogP contribution in [0, 0.1) is 5.92 Å². The monoisotopic (exact) mass is 361 g/mol. The first-order chi connectivity index (χ1) is 12.1. The van der Waals surface area contributed by atoms with Crippen LogP contribution in [0.25, 0.3) is 0 Å². The number of carbonyl (C=O) groups excluding carboxylic acids is 2. The molecule has 5 nitrogen and oxygen atoms in total. The Morgan fingerprint density at radius 2 is 1.80 bits per heavy atom. The molecule has 136 valence electrons. The first kappa shape index (κ1) is 19.4. The molecule has 2 rings (SSSR count). The molecule has 1 aliphatic rings. The highest BCUT2D eigenvalue weighted by molar-refractivity contribution is 7.80. The Bertz CT molecular complexity index is 612. The van der Waals surface area contributed by atoms with E-state index < -0.39 is 0 Å². The maximum atomic E-state index is 12.3. The molecule has 0 saturated heterocycles. The number of hydrogen-bond acceptors (Lipinski definition) is 3. The van der Waals surface area contributed by atoms with Crippen LogP contribution in [0.4, 0.5) is 11.4 Å². The van der Waals surface area contributed by atoms with Gasteiger partial charge in [0.1, 0.15) is 0 Å². The van der Waals surface area contributed by atoms with E-state index in [1.807, 2.05) is 31.2 Å². The minimum absolute atomic E-state index is 0.0823. The molecule has 0 bridgehead atoms.